The summed E-state index contributed by atoms with van der Waals surface area (Å²) in [5.41, 5.74) is -23.6. The van der Waals surface area contributed by atoms with Crippen LogP contribution in [0, 0.1) is 81.2 Å². The Morgan fingerprint density at radius 2 is 0.207 bits per heavy atom. The SMILES string of the molecule is CCC(C)(CC)C(=O)OCC(C)(COC(=O)C(C)(CC)CC)C(=O)OCC(C)(COC(=O)C(C)(COC(=O)C(C)(CC)CC)COC(=O)C(C)(CC)CC)C(=O)OCC(C)(COC(=O)C(C)(COC(=O)C(C)(COC(=O)C(C)(CC)CC)COC(=O)C(C)(CC)CC)COC(=O)C(C)(COC(=O)C(C)(CC)CC)COC(=O)C(C)(CC)CC)C(=O)O. The van der Waals surface area contributed by atoms with Gasteiger partial charge in [-0.25, -0.2) is 0 Å². The van der Waals surface area contributed by atoms with Crippen LogP contribution in [0.15, 0.2) is 0 Å². The van der Waals surface area contributed by atoms with Crippen molar-refractivity contribution in [2.24, 2.45) is 81.2 Å². The predicted octanol–water partition coefficient (Wildman–Crippen LogP) is 15.3. The molecule has 0 unspecified atom stereocenters. The van der Waals surface area contributed by atoms with Crippen LogP contribution in [0.25, 0.3) is 0 Å². The maximum atomic E-state index is 15.2. The molecule has 0 bridgehead atoms. The zero-order valence-electron chi connectivity index (χ0n) is 79.5. The summed E-state index contributed by atoms with van der Waals surface area (Å²) in [5.74, 6) is -15.1. The summed E-state index contributed by atoms with van der Waals surface area (Å²) in [6.07, 6.45) is 5.31. The average Bonchev–Trinajstić information content (AvgIpc) is 0.809. The smallest absolute Gasteiger partial charge is 0.318 e. The first-order valence-corrected chi connectivity index (χ1v) is 43.4. The second-order valence-corrected chi connectivity index (χ2v) is 37.4. The van der Waals surface area contributed by atoms with Crippen molar-refractivity contribution < 1.29 is 143 Å². The number of esters is 14. The van der Waals surface area contributed by atoms with Gasteiger partial charge in [-0.2, -0.15) is 0 Å². The quantitative estimate of drug-likeness (QED) is 0.0436. The molecule has 0 aromatic rings. The van der Waals surface area contributed by atoms with E-state index in [1.54, 1.807) is 166 Å². The average molecular weight is 1730 g/mol. The van der Waals surface area contributed by atoms with Crippen LogP contribution >= 0.6 is 0 Å². The molecule has 121 heavy (non-hydrogen) atoms. The minimum atomic E-state index is -2.51. The molecule has 698 valence electrons. The third-order valence-corrected chi connectivity index (χ3v) is 27.2. The lowest BCUT2D eigenvalue weighted by Gasteiger charge is -2.35. The fraction of sp³-hybridized carbons (Fsp3) is 0.835. The molecule has 0 radical (unpaired) electrons. The zero-order valence-corrected chi connectivity index (χ0v) is 79.5. The van der Waals surface area contributed by atoms with E-state index in [1.807, 2.05) is 0 Å². The second kappa shape index (κ2) is 47.2. The van der Waals surface area contributed by atoms with Gasteiger partial charge in [0.15, 0.2) is 0 Å². The standard InChI is InChI=1S/C91H154O30/c1-32-77(17,33-2)63(94)110-50-86(26,51-111-64(95)78(18,34-3)35-4)73(104)118-58-90(30,59-119-74(105)87(27,52-112-65(96)79(19,36-5)37-6)53-113-66(97)80(20,38-7)39-8)71(102)108-48-85(25,62(92)93)49-109-72(103)91(31,60-120-75(106)88(28,54-114-67(98)81(21,40-9)41-10)55-115-68(99)82(22,42-11)43-12)61-121-76(107)89(29,56-116-69(100)83(23,44-13)45-14)57-117-70(101)84(24,46-15)47-16/h32-61H2,1-31H3,(H,92,93). The first kappa shape index (κ1) is 113. The maximum absolute atomic E-state index is 15.2. The van der Waals surface area contributed by atoms with E-state index in [4.69, 9.17) is 66.3 Å². The lowest BCUT2D eigenvalue weighted by molar-refractivity contribution is -0.188. The molecule has 0 spiro atoms. The number of carbonyl (C=O) groups is 15. The van der Waals surface area contributed by atoms with Gasteiger partial charge in [0.25, 0.3) is 0 Å². The van der Waals surface area contributed by atoms with E-state index in [9.17, 15) is 67.4 Å². The van der Waals surface area contributed by atoms with E-state index < -0.39 is 263 Å². The molecule has 0 aliphatic carbocycles. The third-order valence-electron chi connectivity index (χ3n) is 27.2. The van der Waals surface area contributed by atoms with E-state index in [1.165, 1.54) is 27.7 Å². The maximum Gasteiger partial charge on any atom is 0.318 e. The van der Waals surface area contributed by atoms with Crippen LogP contribution in [0.4, 0.5) is 0 Å². The Bertz CT molecular complexity index is 2940. The second-order valence-electron chi connectivity index (χ2n) is 37.4. The number of aliphatic carboxylic acids is 1. The Hall–Kier alpha value is -7.95. The number of hydrogen-bond donors (Lipinski definition) is 1. The van der Waals surface area contributed by atoms with E-state index in [0.29, 0.717) is 103 Å². The largest absolute Gasteiger partial charge is 0.481 e. The van der Waals surface area contributed by atoms with Gasteiger partial charge < -0.3 is 71.4 Å². The van der Waals surface area contributed by atoms with Crippen molar-refractivity contribution in [3.05, 3.63) is 0 Å². The lowest BCUT2D eigenvalue weighted by atomic mass is 9.84. The van der Waals surface area contributed by atoms with E-state index in [-0.39, 0.29) is 0 Å². The Labute approximate surface area is 720 Å². The summed E-state index contributed by atoms with van der Waals surface area (Å²) in [6.45, 7) is 37.3. The van der Waals surface area contributed by atoms with Gasteiger partial charge in [-0.05, 0) is 207 Å². The fourth-order valence-corrected chi connectivity index (χ4v) is 11.0. The molecule has 0 heterocycles. The van der Waals surface area contributed by atoms with E-state index >= 15 is 9.59 Å². The molecule has 30 nitrogen and oxygen atoms in total. The number of hydrogen-bond acceptors (Lipinski definition) is 29. The third kappa shape index (κ3) is 29.6. The van der Waals surface area contributed by atoms with Crippen molar-refractivity contribution in [3.63, 3.8) is 0 Å². The first-order chi connectivity index (χ1) is 55.7. The van der Waals surface area contributed by atoms with Crippen molar-refractivity contribution >= 4 is 89.5 Å². The summed E-state index contributed by atoms with van der Waals surface area (Å²) in [6, 6.07) is 0. The fourth-order valence-electron chi connectivity index (χ4n) is 11.0. The van der Waals surface area contributed by atoms with Gasteiger partial charge >= 0.3 is 89.5 Å². The molecule has 0 rings (SSSR count). The number of carbonyl (C=O) groups excluding carboxylic acids is 14. The minimum absolute atomic E-state index is 0.332. The van der Waals surface area contributed by atoms with Crippen molar-refractivity contribution in [2.75, 3.05) is 92.5 Å². The molecule has 0 atom stereocenters. The van der Waals surface area contributed by atoms with Crippen LogP contribution in [0.1, 0.15) is 317 Å². The molecule has 0 saturated heterocycles. The van der Waals surface area contributed by atoms with Crippen molar-refractivity contribution in [1.82, 2.24) is 0 Å². The van der Waals surface area contributed by atoms with Crippen LogP contribution in [-0.4, -0.2) is 187 Å². The first-order valence-electron chi connectivity index (χ1n) is 43.4. The summed E-state index contributed by atoms with van der Waals surface area (Å²) in [5, 5.41) is 11.2. The molecular weight excluding hydrogens is 1570 g/mol. The number of rotatable bonds is 59. The molecule has 1 N–H and O–H groups in total. The van der Waals surface area contributed by atoms with Crippen molar-refractivity contribution in [3.8, 4) is 0 Å². The number of carboxylic acids is 1. The van der Waals surface area contributed by atoms with Crippen LogP contribution < -0.4 is 0 Å². The molecule has 30 heteroatoms. The Morgan fingerprint density at radius 1 is 0.140 bits per heavy atom. The van der Waals surface area contributed by atoms with Gasteiger partial charge in [-0.15, -0.1) is 0 Å². The number of ether oxygens (including phenoxy) is 14. The number of carboxylic acid groups (broad SMARTS) is 1. The summed E-state index contributed by atoms with van der Waals surface area (Å²) < 4.78 is 81.8. The Balaban J connectivity index is 8.79. The van der Waals surface area contributed by atoms with Crippen LogP contribution in [0.2, 0.25) is 0 Å². The van der Waals surface area contributed by atoms with Gasteiger partial charge in [0, 0.05) is 0 Å². The summed E-state index contributed by atoms with van der Waals surface area (Å²) in [4.78, 5) is 214. The lowest BCUT2D eigenvalue weighted by Crippen LogP contribution is -2.49. The van der Waals surface area contributed by atoms with Gasteiger partial charge in [0.1, 0.15) is 130 Å². The topological polar surface area (TPSA) is 406 Å². The highest BCUT2D eigenvalue weighted by atomic mass is 16.6. The highest BCUT2D eigenvalue weighted by Crippen LogP contribution is 2.40. The molecule has 0 amide bonds. The highest BCUT2D eigenvalue weighted by Gasteiger charge is 2.53. The normalized spacial score (nSPS) is 13.1. The molecule has 0 aromatic carbocycles. The molecule has 0 fully saturated rings. The molecule has 0 saturated carbocycles. The molecule has 0 aliphatic rings. The summed E-state index contributed by atoms with van der Waals surface area (Å²) >= 11 is 0. The Morgan fingerprint density at radius 3 is 0.273 bits per heavy atom. The van der Waals surface area contributed by atoms with Crippen LogP contribution in [0.5, 0.6) is 0 Å². The monoisotopic (exact) mass is 1730 g/mol. The molecule has 0 aliphatic heterocycles. The van der Waals surface area contributed by atoms with Crippen LogP contribution in [0.3, 0.4) is 0 Å². The van der Waals surface area contributed by atoms with Gasteiger partial charge in [-0.3, -0.25) is 71.9 Å². The van der Waals surface area contributed by atoms with Gasteiger partial charge in [0.05, 0.1) is 43.3 Å². The predicted molar refractivity (Wildman–Crippen MR) is 447 cm³/mol. The molecular formula is C91H154O30. The highest BCUT2D eigenvalue weighted by molar-refractivity contribution is 5.87. The van der Waals surface area contributed by atoms with Crippen molar-refractivity contribution in [1.29, 1.82) is 0 Å². The van der Waals surface area contributed by atoms with Crippen molar-refractivity contribution in [2.45, 2.75) is 317 Å². The summed E-state index contributed by atoms with van der Waals surface area (Å²) in [7, 11) is 0. The molecule has 0 aromatic heterocycles. The zero-order chi connectivity index (χ0) is 94.3. The van der Waals surface area contributed by atoms with Gasteiger partial charge in [0.2, 0.25) is 0 Å². The van der Waals surface area contributed by atoms with Gasteiger partial charge in [-0.1, -0.05) is 111 Å². The minimum Gasteiger partial charge on any atom is -0.481 e. The Kier molecular flexibility index (Phi) is 44.1. The van der Waals surface area contributed by atoms with E-state index in [2.05, 4.69) is 0 Å². The van der Waals surface area contributed by atoms with E-state index in [0.717, 1.165) is 20.8 Å². The van der Waals surface area contributed by atoms with Crippen LogP contribution in [-0.2, 0) is 138 Å².